The van der Waals surface area contributed by atoms with Gasteiger partial charge in [-0.15, -0.1) is 0 Å². The minimum absolute atomic E-state index is 0.0674. The van der Waals surface area contributed by atoms with Gasteiger partial charge in [0.1, 0.15) is 5.82 Å². The Hall–Kier alpha value is -2.96. The second-order valence-electron chi connectivity index (χ2n) is 3.73. The van der Waals surface area contributed by atoms with Crippen molar-refractivity contribution in [2.24, 2.45) is 0 Å². The van der Waals surface area contributed by atoms with Crippen molar-refractivity contribution in [3.8, 4) is 0 Å². The van der Waals surface area contributed by atoms with Gasteiger partial charge in [-0.25, -0.2) is 4.98 Å². The molecule has 0 aliphatic heterocycles. The fourth-order valence-electron chi connectivity index (χ4n) is 1.40. The first-order valence-electron chi connectivity index (χ1n) is 5.33. The number of carbonyl (C=O) groups excluding carboxylic acids is 1. The van der Waals surface area contributed by atoms with Gasteiger partial charge in [-0.2, -0.15) is 0 Å². The molecule has 3 N–H and O–H groups in total. The van der Waals surface area contributed by atoms with Crippen LogP contribution in [0.3, 0.4) is 0 Å². The number of carbonyl (C=O) groups is 1. The Morgan fingerprint density at radius 1 is 1.21 bits per heavy atom. The van der Waals surface area contributed by atoms with E-state index in [1.165, 1.54) is 30.5 Å². The summed E-state index contributed by atoms with van der Waals surface area (Å²) in [6.45, 7) is 0. The molecule has 0 unspecified atom stereocenters. The SMILES string of the molecule is Nc1ccc(NC(=O)c2ccc([N+](=O)[O-])cc2)nc1. The monoisotopic (exact) mass is 258 g/mol. The third-order valence-electron chi connectivity index (χ3n) is 2.37. The topological polar surface area (TPSA) is 111 Å². The molecular weight excluding hydrogens is 248 g/mol. The van der Waals surface area contributed by atoms with Crippen LogP contribution in [-0.4, -0.2) is 15.8 Å². The number of hydrogen-bond acceptors (Lipinski definition) is 5. The van der Waals surface area contributed by atoms with Gasteiger partial charge in [-0.3, -0.25) is 14.9 Å². The highest BCUT2D eigenvalue weighted by atomic mass is 16.6. The van der Waals surface area contributed by atoms with Crippen LogP contribution >= 0.6 is 0 Å². The summed E-state index contributed by atoms with van der Waals surface area (Å²) in [6, 6.07) is 8.48. The molecule has 0 saturated heterocycles. The van der Waals surface area contributed by atoms with E-state index >= 15 is 0 Å². The number of nitro benzene ring substituents is 1. The molecule has 0 atom stereocenters. The van der Waals surface area contributed by atoms with Crippen LogP contribution in [0.15, 0.2) is 42.6 Å². The first-order valence-corrected chi connectivity index (χ1v) is 5.33. The largest absolute Gasteiger partial charge is 0.397 e. The molecule has 1 aromatic carbocycles. The second-order valence-corrected chi connectivity index (χ2v) is 3.73. The summed E-state index contributed by atoms with van der Waals surface area (Å²) in [5.41, 5.74) is 6.21. The lowest BCUT2D eigenvalue weighted by Crippen LogP contribution is -2.12. The van der Waals surface area contributed by atoms with Gasteiger partial charge in [-0.1, -0.05) is 0 Å². The van der Waals surface area contributed by atoms with E-state index in [1.807, 2.05) is 0 Å². The Bertz CT molecular complexity index is 608. The molecule has 2 rings (SSSR count). The molecule has 19 heavy (non-hydrogen) atoms. The van der Waals surface area contributed by atoms with E-state index in [4.69, 9.17) is 5.73 Å². The minimum Gasteiger partial charge on any atom is -0.397 e. The van der Waals surface area contributed by atoms with Crippen LogP contribution < -0.4 is 11.1 Å². The molecule has 0 aliphatic carbocycles. The van der Waals surface area contributed by atoms with E-state index in [2.05, 4.69) is 10.3 Å². The number of nitrogen functional groups attached to an aromatic ring is 1. The van der Waals surface area contributed by atoms with Gasteiger partial charge in [0, 0.05) is 17.7 Å². The van der Waals surface area contributed by atoms with E-state index < -0.39 is 10.8 Å². The molecule has 7 heteroatoms. The van der Waals surface area contributed by atoms with Crippen LogP contribution in [-0.2, 0) is 0 Å². The smallest absolute Gasteiger partial charge is 0.269 e. The van der Waals surface area contributed by atoms with Gasteiger partial charge in [0.05, 0.1) is 16.8 Å². The maximum absolute atomic E-state index is 11.8. The zero-order chi connectivity index (χ0) is 13.8. The zero-order valence-electron chi connectivity index (χ0n) is 9.74. The van der Waals surface area contributed by atoms with Crippen LogP contribution in [0.1, 0.15) is 10.4 Å². The summed E-state index contributed by atoms with van der Waals surface area (Å²) in [5, 5.41) is 13.0. The summed E-state index contributed by atoms with van der Waals surface area (Å²) in [6.07, 6.45) is 1.42. The van der Waals surface area contributed by atoms with Gasteiger partial charge in [0.2, 0.25) is 0 Å². The maximum Gasteiger partial charge on any atom is 0.269 e. The summed E-state index contributed by atoms with van der Waals surface area (Å²) in [5.74, 6) is -0.0373. The quantitative estimate of drug-likeness (QED) is 0.644. The van der Waals surface area contributed by atoms with Gasteiger partial charge < -0.3 is 11.1 Å². The number of aromatic nitrogens is 1. The second kappa shape index (κ2) is 5.13. The Labute approximate surface area is 108 Å². The predicted molar refractivity (Wildman–Crippen MR) is 69.7 cm³/mol. The normalized spacial score (nSPS) is 9.89. The van der Waals surface area contributed by atoms with Crippen molar-refractivity contribution in [2.75, 3.05) is 11.1 Å². The number of rotatable bonds is 3. The summed E-state index contributed by atoms with van der Waals surface area (Å²) in [7, 11) is 0. The number of pyridine rings is 1. The molecular formula is C12H10N4O3. The van der Waals surface area contributed by atoms with Crippen molar-refractivity contribution >= 4 is 23.1 Å². The van der Waals surface area contributed by atoms with Gasteiger partial charge in [-0.05, 0) is 24.3 Å². The van der Waals surface area contributed by atoms with Gasteiger partial charge in [0.25, 0.3) is 11.6 Å². The zero-order valence-corrected chi connectivity index (χ0v) is 9.74. The number of nitrogens with zero attached hydrogens (tertiary/aromatic N) is 2. The fraction of sp³-hybridized carbons (Fsp3) is 0. The van der Waals surface area contributed by atoms with E-state index in [1.54, 1.807) is 12.1 Å². The molecule has 1 aromatic heterocycles. The number of amides is 1. The van der Waals surface area contributed by atoms with Crippen LogP contribution in [0.2, 0.25) is 0 Å². The molecule has 1 heterocycles. The van der Waals surface area contributed by atoms with Crippen LogP contribution in [0.5, 0.6) is 0 Å². The molecule has 0 bridgehead atoms. The molecule has 2 aromatic rings. The number of nitrogens with two attached hydrogens (primary N) is 1. The highest BCUT2D eigenvalue weighted by Gasteiger charge is 2.09. The average Bonchev–Trinajstić information content (AvgIpc) is 2.41. The molecule has 96 valence electrons. The summed E-state index contributed by atoms with van der Waals surface area (Å²) < 4.78 is 0. The molecule has 0 aliphatic rings. The Morgan fingerprint density at radius 2 is 1.89 bits per heavy atom. The van der Waals surface area contributed by atoms with Crippen LogP contribution in [0.4, 0.5) is 17.2 Å². The van der Waals surface area contributed by atoms with E-state index in [0.717, 1.165) is 0 Å². The molecule has 0 fully saturated rings. The lowest BCUT2D eigenvalue weighted by Gasteiger charge is -2.04. The summed E-state index contributed by atoms with van der Waals surface area (Å²) >= 11 is 0. The van der Waals surface area contributed by atoms with Crippen molar-refractivity contribution in [3.63, 3.8) is 0 Å². The third kappa shape index (κ3) is 3.03. The predicted octanol–water partition coefficient (Wildman–Crippen LogP) is 1.82. The standard InChI is InChI=1S/C12H10N4O3/c13-9-3-6-11(14-7-9)15-12(17)8-1-4-10(5-2-8)16(18)19/h1-7H,13H2,(H,14,15,17). The molecule has 0 saturated carbocycles. The number of non-ortho nitro benzene ring substituents is 1. The molecule has 0 spiro atoms. The maximum atomic E-state index is 11.8. The van der Waals surface area contributed by atoms with Crippen molar-refractivity contribution in [2.45, 2.75) is 0 Å². The summed E-state index contributed by atoms with van der Waals surface area (Å²) in [4.78, 5) is 25.7. The highest BCUT2D eigenvalue weighted by Crippen LogP contribution is 2.13. The third-order valence-corrected chi connectivity index (χ3v) is 2.37. The average molecular weight is 258 g/mol. The number of anilines is 2. The fourth-order valence-corrected chi connectivity index (χ4v) is 1.40. The first-order chi connectivity index (χ1) is 9.06. The van der Waals surface area contributed by atoms with Gasteiger partial charge in [0.15, 0.2) is 0 Å². The van der Waals surface area contributed by atoms with Crippen molar-refractivity contribution < 1.29 is 9.72 Å². The lowest BCUT2D eigenvalue weighted by molar-refractivity contribution is -0.384. The van der Waals surface area contributed by atoms with Crippen LogP contribution in [0, 0.1) is 10.1 Å². The number of nitro groups is 1. The number of hydrogen-bond donors (Lipinski definition) is 2. The van der Waals surface area contributed by atoms with Gasteiger partial charge >= 0.3 is 0 Å². The first kappa shape index (κ1) is 12.5. The van der Waals surface area contributed by atoms with Crippen LogP contribution in [0.25, 0.3) is 0 Å². The molecule has 0 radical (unpaired) electrons. The van der Waals surface area contributed by atoms with E-state index in [0.29, 0.717) is 17.1 Å². The van der Waals surface area contributed by atoms with Crippen molar-refractivity contribution in [1.29, 1.82) is 0 Å². The Balaban J connectivity index is 2.11. The number of nitrogens with one attached hydrogen (secondary N) is 1. The minimum atomic E-state index is -0.525. The Kier molecular flexibility index (Phi) is 3.37. The Morgan fingerprint density at radius 3 is 2.42 bits per heavy atom. The van der Waals surface area contributed by atoms with E-state index in [9.17, 15) is 14.9 Å². The lowest BCUT2D eigenvalue weighted by atomic mass is 10.2. The van der Waals surface area contributed by atoms with Crippen molar-refractivity contribution in [1.82, 2.24) is 4.98 Å². The highest BCUT2D eigenvalue weighted by molar-refractivity contribution is 6.03. The molecule has 1 amide bonds. The number of benzene rings is 1. The molecule has 7 nitrogen and oxygen atoms in total. The van der Waals surface area contributed by atoms with Crippen molar-refractivity contribution in [3.05, 3.63) is 58.3 Å². The van der Waals surface area contributed by atoms with E-state index in [-0.39, 0.29) is 5.69 Å².